The van der Waals surface area contributed by atoms with E-state index >= 15 is 0 Å². The van der Waals surface area contributed by atoms with Crippen LogP contribution >= 0.6 is 0 Å². The summed E-state index contributed by atoms with van der Waals surface area (Å²) in [6.45, 7) is 0.00836. The van der Waals surface area contributed by atoms with Crippen molar-refractivity contribution >= 4 is 11.9 Å². The fourth-order valence-electron chi connectivity index (χ4n) is 0.633. The summed E-state index contributed by atoms with van der Waals surface area (Å²) in [6.07, 6.45) is 0.971. The minimum Gasteiger partial charge on any atom is -0.485 e. The number of methoxy groups -OCH3 is 2. The third-order valence-corrected chi connectivity index (χ3v) is 1.31. The lowest BCUT2D eigenvalue weighted by Crippen LogP contribution is -2.11. The van der Waals surface area contributed by atoms with Gasteiger partial charge in [-0.25, -0.2) is 9.59 Å². The fraction of sp³-hybridized carbons (Fsp3) is 0.444. The van der Waals surface area contributed by atoms with Gasteiger partial charge >= 0.3 is 11.9 Å². The predicted octanol–water partition coefficient (Wildman–Crippen LogP) is 0.147. The second-order valence-electron chi connectivity index (χ2n) is 2.28. The van der Waals surface area contributed by atoms with Crippen LogP contribution < -0.4 is 0 Å². The van der Waals surface area contributed by atoms with Crippen LogP contribution in [0.15, 0.2) is 11.8 Å². The fourth-order valence-corrected chi connectivity index (χ4v) is 0.633. The summed E-state index contributed by atoms with van der Waals surface area (Å²) in [4.78, 5) is 21.9. The molecule has 6 heteroatoms. The first-order valence-electron chi connectivity index (χ1n) is 4.03. The second-order valence-corrected chi connectivity index (χ2v) is 2.28. The Hall–Kier alpha value is -2.03. The number of hydrogen-bond donors (Lipinski definition) is 0. The summed E-state index contributed by atoms with van der Waals surface area (Å²) in [5, 5.41) is 8.25. The summed E-state index contributed by atoms with van der Waals surface area (Å²) in [5.74, 6) is -1.80. The van der Waals surface area contributed by atoms with Crippen molar-refractivity contribution in [2.24, 2.45) is 0 Å². The maximum absolute atomic E-state index is 11.1. The van der Waals surface area contributed by atoms with Crippen molar-refractivity contribution in [3.05, 3.63) is 11.8 Å². The monoisotopic (exact) mass is 213 g/mol. The average Bonchev–Trinajstić information content (AvgIpc) is 2.26. The molecule has 0 radical (unpaired) electrons. The smallest absolute Gasteiger partial charge is 0.373 e. The standard InChI is InChI=1S/C9H11NO5/c1-13-8(11)6-7(9(12)14-2)15-5-3-4-10/h6H,3,5H2,1-2H3/b7-6+. The highest BCUT2D eigenvalue weighted by Gasteiger charge is 2.13. The van der Waals surface area contributed by atoms with Crippen LogP contribution in [0.5, 0.6) is 0 Å². The molecule has 0 unspecified atom stereocenters. The van der Waals surface area contributed by atoms with E-state index in [4.69, 9.17) is 10.00 Å². The van der Waals surface area contributed by atoms with E-state index in [9.17, 15) is 9.59 Å². The number of ether oxygens (including phenoxy) is 3. The van der Waals surface area contributed by atoms with E-state index in [-0.39, 0.29) is 18.8 Å². The van der Waals surface area contributed by atoms with Crippen molar-refractivity contribution in [1.29, 1.82) is 5.26 Å². The highest BCUT2D eigenvalue weighted by atomic mass is 16.6. The number of esters is 2. The van der Waals surface area contributed by atoms with Gasteiger partial charge in [0.1, 0.15) is 6.61 Å². The molecule has 0 rings (SSSR count). The highest BCUT2D eigenvalue weighted by Crippen LogP contribution is 2.01. The van der Waals surface area contributed by atoms with Gasteiger partial charge in [0, 0.05) is 0 Å². The van der Waals surface area contributed by atoms with Crippen LogP contribution in [0.1, 0.15) is 6.42 Å². The van der Waals surface area contributed by atoms with Crippen LogP contribution in [0.3, 0.4) is 0 Å². The molecule has 6 nitrogen and oxygen atoms in total. The Balaban J connectivity index is 4.45. The molecule has 0 N–H and O–H groups in total. The Bertz CT molecular complexity index is 302. The molecule has 0 atom stereocenters. The molecule has 0 aliphatic heterocycles. The van der Waals surface area contributed by atoms with E-state index in [1.807, 2.05) is 6.07 Å². The van der Waals surface area contributed by atoms with Crippen LogP contribution in [-0.2, 0) is 23.8 Å². The summed E-state index contributed by atoms with van der Waals surface area (Å²) in [7, 11) is 2.32. The van der Waals surface area contributed by atoms with Gasteiger partial charge in [-0.15, -0.1) is 0 Å². The highest BCUT2D eigenvalue weighted by molar-refractivity contribution is 5.94. The van der Waals surface area contributed by atoms with Gasteiger partial charge in [0.15, 0.2) is 0 Å². The number of nitrogens with zero attached hydrogens (tertiary/aromatic N) is 1. The lowest BCUT2D eigenvalue weighted by molar-refractivity contribution is -0.142. The molecule has 0 saturated carbocycles. The molecular formula is C9H11NO5. The number of hydrogen-bond acceptors (Lipinski definition) is 6. The minimum absolute atomic E-state index is 0.00836. The topological polar surface area (TPSA) is 85.6 Å². The molecule has 0 bridgehead atoms. The third kappa shape index (κ3) is 5.31. The van der Waals surface area contributed by atoms with E-state index in [2.05, 4.69) is 9.47 Å². The Morgan fingerprint density at radius 1 is 1.33 bits per heavy atom. The molecule has 0 aromatic rings. The molecule has 0 aliphatic rings. The zero-order valence-corrected chi connectivity index (χ0v) is 8.48. The van der Waals surface area contributed by atoms with Crippen molar-refractivity contribution in [3.8, 4) is 6.07 Å². The van der Waals surface area contributed by atoms with Crippen LogP contribution in [-0.4, -0.2) is 32.8 Å². The number of rotatable bonds is 5. The molecule has 0 aromatic heterocycles. The van der Waals surface area contributed by atoms with Gasteiger partial charge in [-0.05, 0) is 0 Å². The van der Waals surface area contributed by atoms with Crippen molar-refractivity contribution < 1.29 is 23.8 Å². The van der Waals surface area contributed by atoms with Gasteiger partial charge in [0.25, 0.3) is 0 Å². The molecule has 0 aromatic carbocycles. The van der Waals surface area contributed by atoms with Crippen LogP contribution in [0.4, 0.5) is 0 Å². The SMILES string of the molecule is COC(=O)/C=C(/OCCC#N)C(=O)OC. The molecule has 0 fully saturated rings. The van der Waals surface area contributed by atoms with Crippen molar-refractivity contribution in [2.45, 2.75) is 6.42 Å². The van der Waals surface area contributed by atoms with Crippen LogP contribution in [0.25, 0.3) is 0 Å². The first kappa shape index (κ1) is 13.0. The molecule has 0 aliphatic carbocycles. The molecule has 0 spiro atoms. The zero-order chi connectivity index (χ0) is 11.7. The first-order chi connectivity index (χ1) is 7.15. The van der Waals surface area contributed by atoms with Gasteiger partial charge in [-0.2, -0.15) is 5.26 Å². The van der Waals surface area contributed by atoms with Crippen molar-refractivity contribution in [3.63, 3.8) is 0 Å². The van der Waals surface area contributed by atoms with Gasteiger partial charge in [0.2, 0.25) is 5.76 Å². The van der Waals surface area contributed by atoms with Crippen LogP contribution in [0, 0.1) is 11.3 Å². The molecular weight excluding hydrogens is 202 g/mol. The van der Waals surface area contributed by atoms with Gasteiger partial charge < -0.3 is 14.2 Å². The van der Waals surface area contributed by atoms with E-state index < -0.39 is 11.9 Å². The van der Waals surface area contributed by atoms with Crippen LogP contribution in [0.2, 0.25) is 0 Å². The number of nitriles is 1. The molecule has 15 heavy (non-hydrogen) atoms. The van der Waals surface area contributed by atoms with Crippen molar-refractivity contribution in [1.82, 2.24) is 0 Å². The maximum Gasteiger partial charge on any atom is 0.373 e. The van der Waals surface area contributed by atoms with E-state index in [0.717, 1.165) is 13.2 Å². The zero-order valence-electron chi connectivity index (χ0n) is 8.48. The summed E-state index contributed by atoms with van der Waals surface area (Å²) in [6, 6.07) is 1.83. The minimum atomic E-state index is -0.793. The Kier molecular flexibility index (Phi) is 6.38. The second kappa shape index (κ2) is 7.38. The van der Waals surface area contributed by atoms with E-state index in [1.54, 1.807) is 0 Å². The van der Waals surface area contributed by atoms with Gasteiger partial charge in [-0.1, -0.05) is 0 Å². The molecule has 0 heterocycles. The summed E-state index contributed by atoms with van der Waals surface area (Å²) >= 11 is 0. The normalized spacial score (nSPS) is 10.1. The third-order valence-electron chi connectivity index (χ3n) is 1.31. The summed E-state index contributed by atoms with van der Waals surface area (Å²) < 4.78 is 13.5. The molecule has 0 saturated heterocycles. The molecule has 82 valence electrons. The maximum atomic E-state index is 11.1. The largest absolute Gasteiger partial charge is 0.485 e. The van der Waals surface area contributed by atoms with Gasteiger partial charge in [0.05, 0.1) is 32.8 Å². The lowest BCUT2D eigenvalue weighted by atomic mass is 10.4. The Morgan fingerprint density at radius 2 is 2.00 bits per heavy atom. The Labute approximate surface area is 87.0 Å². The Morgan fingerprint density at radius 3 is 2.47 bits per heavy atom. The quantitative estimate of drug-likeness (QED) is 0.279. The number of carbonyl (C=O) groups is 2. The predicted molar refractivity (Wildman–Crippen MR) is 48.3 cm³/mol. The van der Waals surface area contributed by atoms with E-state index in [1.165, 1.54) is 7.11 Å². The average molecular weight is 213 g/mol. The van der Waals surface area contributed by atoms with Crippen molar-refractivity contribution in [2.75, 3.05) is 20.8 Å². The van der Waals surface area contributed by atoms with Gasteiger partial charge in [-0.3, -0.25) is 0 Å². The van der Waals surface area contributed by atoms with E-state index in [0.29, 0.717) is 0 Å². The number of carbonyl (C=O) groups excluding carboxylic acids is 2. The molecule has 0 amide bonds. The first-order valence-corrected chi connectivity index (χ1v) is 4.03. The lowest BCUT2D eigenvalue weighted by Gasteiger charge is -2.05. The summed E-state index contributed by atoms with van der Waals surface area (Å²) in [5.41, 5.74) is 0.